The molecule has 0 aromatic carbocycles. The molecule has 1 unspecified atom stereocenters. The summed E-state index contributed by atoms with van der Waals surface area (Å²) in [7, 11) is 0. The Balaban J connectivity index is 2.24. The zero-order chi connectivity index (χ0) is 12.3. The SMILES string of the molecule is CCC1CCCN(c2nccc(C)c2CN)C1. The highest BCUT2D eigenvalue weighted by molar-refractivity contribution is 5.50. The number of aryl methyl sites for hydroxylation is 1. The van der Waals surface area contributed by atoms with E-state index in [-0.39, 0.29) is 0 Å². The van der Waals surface area contributed by atoms with Crippen LogP contribution in [0.15, 0.2) is 12.3 Å². The Bertz CT molecular complexity index is 376. The summed E-state index contributed by atoms with van der Waals surface area (Å²) in [6, 6.07) is 2.05. The van der Waals surface area contributed by atoms with Crippen molar-refractivity contribution in [1.82, 2.24) is 4.98 Å². The molecule has 1 aliphatic heterocycles. The van der Waals surface area contributed by atoms with Crippen LogP contribution in [0.3, 0.4) is 0 Å². The summed E-state index contributed by atoms with van der Waals surface area (Å²) in [6.45, 7) is 7.25. The smallest absolute Gasteiger partial charge is 0.133 e. The molecule has 0 saturated carbocycles. The number of hydrogen-bond donors (Lipinski definition) is 1. The number of pyridine rings is 1. The minimum atomic E-state index is 0.586. The van der Waals surface area contributed by atoms with Crippen molar-refractivity contribution in [2.24, 2.45) is 11.7 Å². The maximum Gasteiger partial charge on any atom is 0.133 e. The van der Waals surface area contributed by atoms with Gasteiger partial charge in [0.15, 0.2) is 0 Å². The molecule has 1 saturated heterocycles. The van der Waals surface area contributed by atoms with Crippen molar-refractivity contribution in [3.63, 3.8) is 0 Å². The molecular weight excluding hydrogens is 210 g/mol. The predicted octanol–water partition coefficient (Wildman–Crippen LogP) is 2.48. The molecule has 1 aromatic rings. The first-order valence-electron chi connectivity index (χ1n) is 6.65. The van der Waals surface area contributed by atoms with E-state index in [2.05, 4.69) is 23.7 Å². The second-order valence-corrected chi connectivity index (χ2v) is 5.00. The summed E-state index contributed by atoms with van der Waals surface area (Å²) < 4.78 is 0. The largest absolute Gasteiger partial charge is 0.356 e. The molecule has 2 heterocycles. The molecule has 0 radical (unpaired) electrons. The van der Waals surface area contributed by atoms with E-state index in [1.165, 1.54) is 30.4 Å². The standard InChI is InChI=1S/C14H23N3/c1-3-12-5-4-8-17(10-12)14-13(9-15)11(2)6-7-16-14/h6-7,12H,3-5,8-10,15H2,1-2H3. The third-order valence-corrected chi connectivity index (χ3v) is 3.87. The second kappa shape index (κ2) is 5.50. The van der Waals surface area contributed by atoms with Crippen LogP contribution in [-0.2, 0) is 6.54 Å². The van der Waals surface area contributed by atoms with Crippen LogP contribution in [0.4, 0.5) is 5.82 Å². The van der Waals surface area contributed by atoms with Gasteiger partial charge in [-0.15, -0.1) is 0 Å². The van der Waals surface area contributed by atoms with Crippen molar-refractivity contribution in [3.8, 4) is 0 Å². The van der Waals surface area contributed by atoms with Crippen molar-refractivity contribution in [1.29, 1.82) is 0 Å². The predicted molar refractivity (Wildman–Crippen MR) is 72.1 cm³/mol. The molecule has 0 spiro atoms. The summed E-state index contributed by atoms with van der Waals surface area (Å²) in [4.78, 5) is 6.97. The van der Waals surface area contributed by atoms with Gasteiger partial charge in [0.2, 0.25) is 0 Å². The van der Waals surface area contributed by atoms with Gasteiger partial charge in [0.05, 0.1) is 0 Å². The van der Waals surface area contributed by atoms with E-state index >= 15 is 0 Å². The highest BCUT2D eigenvalue weighted by Crippen LogP contribution is 2.27. The Morgan fingerprint density at radius 2 is 2.35 bits per heavy atom. The van der Waals surface area contributed by atoms with Gasteiger partial charge >= 0.3 is 0 Å². The van der Waals surface area contributed by atoms with Crippen molar-refractivity contribution in [3.05, 3.63) is 23.4 Å². The van der Waals surface area contributed by atoms with Crippen LogP contribution < -0.4 is 10.6 Å². The lowest BCUT2D eigenvalue weighted by atomic mass is 9.95. The molecule has 2 rings (SSSR count). The lowest BCUT2D eigenvalue weighted by Gasteiger charge is -2.34. The van der Waals surface area contributed by atoms with Crippen molar-refractivity contribution in [2.45, 2.75) is 39.7 Å². The third-order valence-electron chi connectivity index (χ3n) is 3.87. The molecule has 1 atom stereocenters. The van der Waals surface area contributed by atoms with E-state index in [4.69, 9.17) is 5.73 Å². The Morgan fingerprint density at radius 3 is 3.06 bits per heavy atom. The summed E-state index contributed by atoms with van der Waals surface area (Å²) in [5.74, 6) is 1.93. The molecule has 94 valence electrons. The summed E-state index contributed by atoms with van der Waals surface area (Å²) in [5, 5.41) is 0. The zero-order valence-electron chi connectivity index (χ0n) is 10.9. The van der Waals surface area contributed by atoms with Gasteiger partial charge in [0.1, 0.15) is 5.82 Å². The van der Waals surface area contributed by atoms with Crippen LogP contribution in [0.2, 0.25) is 0 Å². The topological polar surface area (TPSA) is 42.2 Å². The first kappa shape index (κ1) is 12.4. The third kappa shape index (κ3) is 2.60. The van der Waals surface area contributed by atoms with Crippen molar-refractivity contribution >= 4 is 5.82 Å². The lowest BCUT2D eigenvalue weighted by Crippen LogP contribution is -2.36. The fourth-order valence-corrected chi connectivity index (χ4v) is 2.69. The van der Waals surface area contributed by atoms with E-state index in [9.17, 15) is 0 Å². The van der Waals surface area contributed by atoms with Gasteiger partial charge in [-0.2, -0.15) is 0 Å². The molecule has 1 fully saturated rings. The fraction of sp³-hybridized carbons (Fsp3) is 0.643. The normalized spacial score (nSPS) is 20.6. The van der Waals surface area contributed by atoms with E-state index in [1.54, 1.807) is 0 Å². The number of nitrogens with zero attached hydrogens (tertiary/aromatic N) is 2. The molecule has 1 aliphatic rings. The van der Waals surface area contributed by atoms with Crippen LogP contribution in [0.1, 0.15) is 37.3 Å². The summed E-state index contributed by atoms with van der Waals surface area (Å²) >= 11 is 0. The van der Waals surface area contributed by atoms with E-state index in [0.717, 1.165) is 24.8 Å². The first-order chi connectivity index (χ1) is 8.26. The fourth-order valence-electron chi connectivity index (χ4n) is 2.69. The van der Waals surface area contributed by atoms with Gasteiger partial charge in [0, 0.05) is 31.4 Å². The van der Waals surface area contributed by atoms with Crippen LogP contribution in [-0.4, -0.2) is 18.1 Å². The number of rotatable bonds is 3. The van der Waals surface area contributed by atoms with Gasteiger partial charge in [-0.25, -0.2) is 4.98 Å². The number of nitrogens with two attached hydrogens (primary N) is 1. The quantitative estimate of drug-likeness (QED) is 0.872. The monoisotopic (exact) mass is 233 g/mol. The molecule has 3 heteroatoms. The van der Waals surface area contributed by atoms with Crippen LogP contribution in [0.5, 0.6) is 0 Å². The molecule has 2 N–H and O–H groups in total. The van der Waals surface area contributed by atoms with Crippen LogP contribution in [0, 0.1) is 12.8 Å². The van der Waals surface area contributed by atoms with E-state index in [1.807, 2.05) is 12.3 Å². The Morgan fingerprint density at radius 1 is 1.53 bits per heavy atom. The van der Waals surface area contributed by atoms with Gasteiger partial charge in [0.25, 0.3) is 0 Å². The van der Waals surface area contributed by atoms with E-state index in [0.29, 0.717) is 6.54 Å². The van der Waals surface area contributed by atoms with Crippen LogP contribution >= 0.6 is 0 Å². The average molecular weight is 233 g/mol. The van der Waals surface area contributed by atoms with Crippen LogP contribution in [0.25, 0.3) is 0 Å². The van der Waals surface area contributed by atoms with Gasteiger partial charge < -0.3 is 10.6 Å². The van der Waals surface area contributed by atoms with Gasteiger partial charge in [-0.3, -0.25) is 0 Å². The molecule has 3 nitrogen and oxygen atoms in total. The van der Waals surface area contributed by atoms with Crippen molar-refractivity contribution < 1.29 is 0 Å². The van der Waals surface area contributed by atoms with Gasteiger partial charge in [-0.1, -0.05) is 13.3 Å². The number of piperidine rings is 1. The van der Waals surface area contributed by atoms with Crippen molar-refractivity contribution in [2.75, 3.05) is 18.0 Å². The minimum absolute atomic E-state index is 0.586. The zero-order valence-corrected chi connectivity index (χ0v) is 10.9. The highest BCUT2D eigenvalue weighted by atomic mass is 15.2. The Labute approximate surface area is 104 Å². The van der Waals surface area contributed by atoms with E-state index < -0.39 is 0 Å². The minimum Gasteiger partial charge on any atom is -0.356 e. The highest BCUT2D eigenvalue weighted by Gasteiger charge is 2.21. The molecular formula is C14H23N3. The van der Waals surface area contributed by atoms with Gasteiger partial charge in [-0.05, 0) is 37.3 Å². The molecule has 0 aliphatic carbocycles. The number of aromatic nitrogens is 1. The Hall–Kier alpha value is -1.09. The number of hydrogen-bond acceptors (Lipinski definition) is 3. The summed E-state index contributed by atoms with van der Waals surface area (Å²) in [5.41, 5.74) is 8.33. The Kier molecular flexibility index (Phi) is 4.00. The maximum atomic E-state index is 5.86. The lowest BCUT2D eigenvalue weighted by molar-refractivity contribution is 0.402. The number of anilines is 1. The summed E-state index contributed by atoms with van der Waals surface area (Å²) in [6.07, 6.45) is 5.80. The second-order valence-electron chi connectivity index (χ2n) is 5.00. The molecule has 0 bridgehead atoms. The molecule has 1 aromatic heterocycles. The average Bonchev–Trinajstić information content (AvgIpc) is 2.38. The molecule has 0 amide bonds. The maximum absolute atomic E-state index is 5.86. The first-order valence-corrected chi connectivity index (χ1v) is 6.65. The molecule has 17 heavy (non-hydrogen) atoms.